The van der Waals surface area contributed by atoms with Crippen LogP contribution < -0.4 is 0 Å². The van der Waals surface area contributed by atoms with Crippen LogP contribution in [0.1, 0.15) is 39.5 Å². The SMILES string of the molecule is CC1=C2C(=O)OCC(C(=O)OC3C(CO)OC(O)C(O)C3OC(=O)C3COC(=O)C4=C(C)CCC43)C2CC1. The van der Waals surface area contributed by atoms with Crippen LogP contribution in [0, 0.1) is 23.7 Å². The number of cyclic esters (lactones) is 2. The summed E-state index contributed by atoms with van der Waals surface area (Å²) in [4.78, 5) is 51.0. The van der Waals surface area contributed by atoms with Crippen LogP contribution in [-0.4, -0.2) is 89.7 Å². The Morgan fingerprint density at radius 3 is 1.79 bits per heavy atom. The van der Waals surface area contributed by atoms with Crippen LogP contribution >= 0.6 is 0 Å². The summed E-state index contributed by atoms with van der Waals surface area (Å²) in [6, 6.07) is 0. The Bertz CT molecular complexity index is 1020. The zero-order chi connectivity index (χ0) is 27.3. The molecule has 2 aliphatic carbocycles. The van der Waals surface area contributed by atoms with Gasteiger partial charge in [0.25, 0.3) is 0 Å². The van der Waals surface area contributed by atoms with Gasteiger partial charge in [0.2, 0.25) is 0 Å². The highest BCUT2D eigenvalue weighted by Gasteiger charge is 2.53. The fourth-order valence-electron chi connectivity index (χ4n) is 6.35. The zero-order valence-corrected chi connectivity index (χ0v) is 21.2. The Hall–Kier alpha value is -2.80. The van der Waals surface area contributed by atoms with Gasteiger partial charge in [-0.25, -0.2) is 9.59 Å². The highest BCUT2D eigenvalue weighted by molar-refractivity contribution is 5.94. The molecule has 3 N–H and O–H groups in total. The van der Waals surface area contributed by atoms with Gasteiger partial charge in [0.05, 0.1) is 18.4 Å². The summed E-state index contributed by atoms with van der Waals surface area (Å²) in [5.74, 6) is -4.97. The van der Waals surface area contributed by atoms with Crippen molar-refractivity contribution >= 4 is 23.9 Å². The molecule has 12 nitrogen and oxygen atoms in total. The monoisotopic (exact) mass is 536 g/mol. The lowest BCUT2D eigenvalue weighted by Crippen LogP contribution is -2.62. The van der Waals surface area contributed by atoms with Crippen molar-refractivity contribution in [1.29, 1.82) is 0 Å². The molecule has 208 valence electrons. The number of aliphatic hydroxyl groups excluding tert-OH is 3. The number of carbonyl (C=O) groups is 4. The molecule has 9 atom stereocenters. The van der Waals surface area contributed by atoms with E-state index in [9.17, 15) is 34.5 Å². The first kappa shape index (κ1) is 26.8. The number of rotatable bonds is 5. The topological polar surface area (TPSA) is 175 Å². The van der Waals surface area contributed by atoms with E-state index in [1.165, 1.54) is 0 Å². The first-order chi connectivity index (χ1) is 18.1. The van der Waals surface area contributed by atoms with E-state index in [1.807, 2.05) is 6.92 Å². The van der Waals surface area contributed by atoms with Gasteiger partial charge in [0.15, 0.2) is 18.5 Å². The lowest BCUT2D eigenvalue weighted by atomic mass is 9.84. The smallest absolute Gasteiger partial charge is 0.334 e. The largest absolute Gasteiger partial charge is 0.461 e. The molecule has 0 saturated carbocycles. The summed E-state index contributed by atoms with van der Waals surface area (Å²) in [6.45, 7) is 2.50. The molecule has 38 heavy (non-hydrogen) atoms. The van der Waals surface area contributed by atoms with Crippen LogP contribution in [0.2, 0.25) is 0 Å². The molecule has 0 aromatic rings. The Morgan fingerprint density at radius 1 is 0.842 bits per heavy atom. The third-order valence-electron chi connectivity index (χ3n) is 8.44. The second-order valence-corrected chi connectivity index (χ2v) is 10.6. The van der Waals surface area contributed by atoms with E-state index < -0.39 is 84.9 Å². The molecule has 0 aromatic heterocycles. The third-order valence-corrected chi connectivity index (χ3v) is 8.44. The van der Waals surface area contributed by atoms with Crippen LogP contribution in [-0.2, 0) is 42.9 Å². The first-order valence-electron chi connectivity index (χ1n) is 12.9. The van der Waals surface area contributed by atoms with Gasteiger partial charge in [-0.1, -0.05) is 11.1 Å². The standard InChI is InChI=1S/C26H32O12/c1-10-3-5-12-14(8-34-24(31)17(10)12)22(29)37-20-16(7-27)36-26(33)19(28)21(20)38-23(30)15-9-35-25(32)18-11(2)4-6-13(15)18/h12-16,19-21,26-28,33H,3-9H2,1-2H3. The van der Waals surface area contributed by atoms with E-state index in [1.54, 1.807) is 6.92 Å². The number of fused-ring (bicyclic) bond motifs is 2. The first-order valence-corrected chi connectivity index (χ1v) is 12.9. The van der Waals surface area contributed by atoms with Crippen molar-refractivity contribution in [3.05, 3.63) is 22.3 Å². The Balaban J connectivity index is 1.35. The minimum atomic E-state index is -1.82. The summed E-state index contributed by atoms with van der Waals surface area (Å²) in [5, 5.41) is 30.8. The minimum Gasteiger partial charge on any atom is -0.461 e. The lowest BCUT2D eigenvalue weighted by Gasteiger charge is -2.42. The predicted octanol–water partition coefficient (Wildman–Crippen LogP) is -0.321. The van der Waals surface area contributed by atoms with Gasteiger partial charge in [-0.3, -0.25) is 9.59 Å². The summed E-state index contributed by atoms with van der Waals surface area (Å²) >= 11 is 0. The normalized spacial score (nSPS) is 38.8. The summed E-state index contributed by atoms with van der Waals surface area (Å²) in [7, 11) is 0. The number of aliphatic hydroxyl groups is 3. The lowest BCUT2D eigenvalue weighted by molar-refractivity contribution is -0.295. The van der Waals surface area contributed by atoms with Gasteiger partial charge >= 0.3 is 23.9 Å². The molecule has 9 unspecified atom stereocenters. The Labute approximate surface area is 218 Å². The van der Waals surface area contributed by atoms with Crippen LogP contribution in [0.5, 0.6) is 0 Å². The summed E-state index contributed by atoms with van der Waals surface area (Å²) < 4.78 is 26.9. The Morgan fingerprint density at radius 2 is 1.32 bits per heavy atom. The highest BCUT2D eigenvalue weighted by Crippen LogP contribution is 2.43. The van der Waals surface area contributed by atoms with Crippen molar-refractivity contribution in [2.75, 3.05) is 19.8 Å². The molecule has 3 aliphatic heterocycles. The number of hydrogen-bond donors (Lipinski definition) is 3. The van der Waals surface area contributed by atoms with Crippen LogP contribution in [0.3, 0.4) is 0 Å². The van der Waals surface area contributed by atoms with Crippen molar-refractivity contribution in [3.63, 3.8) is 0 Å². The van der Waals surface area contributed by atoms with Gasteiger partial charge in [-0.2, -0.15) is 0 Å². The van der Waals surface area contributed by atoms with Crippen LogP contribution in [0.25, 0.3) is 0 Å². The van der Waals surface area contributed by atoms with Crippen LogP contribution in [0.15, 0.2) is 22.3 Å². The number of hydrogen-bond acceptors (Lipinski definition) is 12. The van der Waals surface area contributed by atoms with E-state index in [0.717, 1.165) is 11.1 Å². The molecule has 3 saturated heterocycles. The quantitative estimate of drug-likeness (QED) is 0.309. The molecule has 0 spiro atoms. The molecule has 3 fully saturated rings. The second kappa shape index (κ2) is 10.4. The molecule has 5 rings (SSSR count). The summed E-state index contributed by atoms with van der Waals surface area (Å²) in [6.07, 6.45) is -5.57. The average Bonchev–Trinajstić information content (AvgIpc) is 3.47. The zero-order valence-electron chi connectivity index (χ0n) is 21.2. The number of allylic oxidation sites excluding steroid dienone is 2. The average molecular weight is 537 g/mol. The van der Waals surface area contributed by atoms with Gasteiger partial charge in [0.1, 0.15) is 25.4 Å². The van der Waals surface area contributed by atoms with E-state index in [4.69, 9.17) is 23.7 Å². The molecule has 0 bridgehead atoms. The van der Waals surface area contributed by atoms with Crippen LogP contribution in [0.4, 0.5) is 0 Å². The maximum atomic E-state index is 13.3. The van der Waals surface area contributed by atoms with Crippen molar-refractivity contribution in [3.8, 4) is 0 Å². The summed E-state index contributed by atoms with van der Waals surface area (Å²) in [5.41, 5.74) is 2.60. The van der Waals surface area contributed by atoms with Crippen molar-refractivity contribution in [2.45, 2.75) is 70.2 Å². The second-order valence-electron chi connectivity index (χ2n) is 10.6. The number of ether oxygens (including phenoxy) is 5. The molecule has 0 aromatic carbocycles. The predicted molar refractivity (Wildman–Crippen MR) is 123 cm³/mol. The van der Waals surface area contributed by atoms with Gasteiger partial charge in [0, 0.05) is 23.0 Å². The maximum absolute atomic E-state index is 13.3. The van der Waals surface area contributed by atoms with E-state index >= 15 is 0 Å². The van der Waals surface area contributed by atoms with E-state index in [0.29, 0.717) is 36.8 Å². The molecular formula is C26H32O12. The Kier molecular flexibility index (Phi) is 7.33. The molecule has 3 heterocycles. The molecule has 0 radical (unpaired) electrons. The van der Waals surface area contributed by atoms with E-state index in [-0.39, 0.29) is 13.2 Å². The van der Waals surface area contributed by atoms with Crippen molar-refractivity contribution in [2.24, 2.45) is 23.7 Å². The van der Waals surface area contributed by atoms with E-state index in [2.05, 4.69) is 0 Å². The minimum absolute atomic E-state index is 0.199. The maximum Gasteiger partial charge on any atom is 0.334 e. The van der Waals surface area contributed by atoms with Gasteiger partial charge in [-0.05, 0) is 39.5 Å². The highest BCUT2D eigenvalue weighted by atomic mass is 16.7. The van der Waals surface area contributed by atoms with Gasteiger partial charge < -0.3 is 39.0 Å². The van der Waals surface area contributed by atoms with Gasteiger partial charge in [-0.15, -0.1) is 0 Å². The van der Waals surface area contributed by atoms with Crippen molar-refractivity contribution in [1.82, 2.24) is 0 Å². The molecule has 12 heteroatoms. The number of esters is 4. The molecular weight excluding hydrogens is 504 g/mol. The fraction of sp³-hybridized carbons (Fsp3) is 0.692. The molecule has 0 amide bonds. The fourth-order valence-corrected chi connectivity index (χ4v) is 6.35. The molecule has 5 aliphatic rings. The third kappa shape index (κ3) is 4.53. The van der Waals surface area contributed by atoms with Crippen molar-refractivity contribution < 1.29 is 58.2 Å². The number of carbonyl (C=O) groups excluding carboxylic acids is 4.